The van der Waals surface area contributed by atoms with Crippen LogP contribution in [0, 0.1) is 11.3 Å². The Morgan fingerprint density at radius 3 is 2.28 bits per heavy atom. The van der Waals surface area contributed by atoms with E-state index < -0.39 is 10.0 Å². The molecule has 2 saturated carbocycles. The standard InChI is InChI=1S/C13H26N2O2S/c1-10(2)13(6-7-13)9-15-18(16,17)11(3)8-14-12-4-5-12/h10-12,14-15H,4-9H2,1-3H3. The first-order valence-corrected chi connectivity index (χ1v) is 8.62. The monoisotopic (exact) mass is 274 g/mol. The van der Waals surface area contributed by atoms with Crippen molar-refractivity contribution >= 4 is 10.0 Å². The summed E-state index contributed by atoms with van der Waals surface area (Å²) in [7, 11) is -3.17. The second-order valence-electron chi connectivity index (χ2n) is 6.38. The van der Waals surface area contributed by atoms with E-state index in [1.165, 1.54) is 12.8 Å². The minimum Gasteiger partial charge on any atom is -0.313 e. The topological polar surface area (TPSA) is 58.2 Å². The molecule has 0 aromatic rings. The van der Waals surface area contributed by atoms with Gasteiger partial charge in [-0.15, -0.1) is 0 Å². The molecule has 1 unspecified atom stereocenters. The molecule has 2 N–H and O–H groups in total. The number of hydrogen-bond donors (Lipinski definition) is 2. The average Bonchev–Trinajstić information content (AvgIpc) is 3.15. The zero-order chi connectivity index (χ0) is 13.4. The fourth-order valence-corrected chi connectivity index (χ4v) is 3.32. The van der Waals surface area contributed by atoms with Crippen molar-refractivity contribution in [3.05, 3.63) is 0 Å². The summed E-state index contributed by atoms with van der Waals surface area (Å²) in [5, 5.41) is 2.93. The van der Waals surface area contributed by atoms with Crippen molar-refractivity contribution in [3.8, 4) is 0 Å². The van der Waals surface area contributed by atoms with Crippen LogP contribution in [-0.4, -0.2) is 32.8 Å². The van der Waals surface area contributed by atoms with E-state index in [4.69, 9.17) is 0 Å². The molecule has 5 heteroatoms. The molecule has 2 rings (SSSR count). The van der Waals surface area contributed by atoms with Gasteiger partial charge in [0, 0.05) is 19.1 Å². The van der Waals surface area contributed by atoms with Gasteiger partial charge in [-0.1, -0.05) is 13.8 Å². The Labute approximate surface area is 111 Å². The van der Waals surface area contributed by atoms with E-state index in [0.717, 1.165) is 12.8 Å². The predicted molar refractivity (Wildman–Crippen MR) is 73.9 cm³/mol. The molecular weight excluding hydrogens is 248 g/mol. The van der Waals surface area contributed by atoms with E-state index in [0.29, 0.717) is 25.0 Å². The first-order valence-electron chi connectivity index (χ1n) is 7.08. The molecule has 0 heterocycles. The van der Waals surface area contributed by atoms with Crippen LogP contribution in [0.1, 0.15) is 46.5 Å². The maximum Gasteiger partial charge on any atom is 0.215 e. The van der Waals surface area contributed by atoms with Crippen LogP contribution in [0.2, 0.25) is 0 Å². The number of nitrogens with one attached hydrogen (secondary N) is 2. The molecule has 0 saturated heterocycles. The third-order valence-electron chi connectivity index (χ3n) is 4.54. The fraction of sp³-hybridized carbons (Fsp3) is 1.00. The molecule has 0 radical (unpaired) electrons. The summed E-state index contributed by atoms with van der Waals surface area (Å²) >= 11 is 0. The highest BCUT2D eigenvalue weighted by atomic mass is 32.2. The Morgan fingerprint density at radius 2 is 1.83 bits per heavy atom. The lowest BCUT2D eigenvalue weighted by Crippen LogP contribution is -2.42. The van der Waals surface area contributed by atoms with E-state index in [2.05, 4.69) is 23.9 Å². The predicted octanol–water partition coefficient (Wildman–Crippen LogP) is 1.48. The Hall–Kier alpha value is -0.130. The fourth-order valence-electron chi connectivity index (χ4n) is 2.24. The van der Waals surface area contributed by atoms with Gasteiger partial charge in [-0.25, -0.2) is 13.1 Å². The summed E-state index contributed by atoms with van der Waals surface area (Å²) in [5.74, 6) is 0.556. The van der Waals surface area contributed by atoms with Crippen LogP contribution in [0.5, 0.6) is 0 Å². The third kappa shape index (κ3) is 3.45. The molecule has 0 aromatic carbocycles. The molecule has 0 bridgehead atoms. The van der Waals surface area contributed by atoms with Crippen molar-refractivity contribution in [1.29, 1.82) is 0 Å². The second-order valence-corrected chi connectivity index (χ2v) is 8.56. The molecule has 106 valence electrons. The van der Waals surface area contributed by atoms with Crippen LogP contribution in [-0.2, 0) is 10.0 Å². The summed E-state index contributed by atoms with van der Waals surface area (Å²) < 4.78 is 27.0. The van der Waals surface area contributed by atoms with Crippen LogP contribution in [0.4, 0.5) is 0 Å². The van der Waals surface area contributed by atoms with Crippen molar-refractivity contribution in [2.24, 2.45) is 11.3 Å². The first kappa shape index (κ1) is 14.3. The Kier molecular flexibility index (Phi) is 4.04. The summed E-state index contributed by atoms with van der Waals surface area (Å²) in [6.07, 6.45) is 4.69. The lowest BCUT2D eigenvalue weighted by atomic mass is 9.93. The zero-order valence-electron chi connectivity index (χ0n) is 11.7. The minimum absolute atomic E-state index is 0.233. The maximum absolute atomic E-state index is 12.1. The molecule has 0 amide bonds. The molecule has 0 aliphatic heterocycles. The molecular formula is C13H26N2O2S. The van der Waals surface area contributed by atoms with E-state index in [1.807, 2.05) is 0 Å². The van der Waals surface area contributed by atoms with Gasteiger partial charge in [0.15, 0.2) is 0 Å². The summed E-state index contributed by atoms with van der Waals surface area (Å²) in [4.78, 5) is 0. The van der Waals surface area contributed by atoms with E-state index in [9.17, 15) is 8.42 Å². The zero-order valence-corrected chi connectivity index (χ0v) is 12.5. The summed E-state index contributed by atoms with van der Waals surface area (Å²) in [6, 6.07) is 0.563. The van der Waals surface area contributed by atoms with Gasteiger partial charge in [-0.3, -0.25) is 0 Å². The Bertz CT molecular complexity index is 384. The molecule has 18 heavy (non-hydrogen) atoms. The van der Waals surface area contributed by atoms with E-state index in [1.54, 1.807) is 6.92 Å². The molecule has 0 aromatic heterocycles. The smallest absolute Gasteiger partial charge is 0.215 e. The van der Waals surface area contributed by atoms with Gasteiger partial charge in [-0.2, -0.15) is 0 Å². The summed E-state index contributed by atoms with van der Waals surface area (Å²) in [5.41, 5.74) is 0.233. The largest absolute Gasteiger partial charge is 0.313 e. The molecule has 2 aliphatic carbocycles. The van der Waals surface area contributed by atoms with Crippen molar-refractivity contribution < 1.29 is 8.42 Å². The highest BCUT2D eigenvalue weighted by Crippen LogP contribution is 2.51. The highest BCUT2D eigenvalue weighted by Gasteiger charge is 2.45. The van der Waals surface area contributed by atoms with Crippen LogP contribution in [0.15, 0.2) is 0 Å². The molecule has 0 spiro atoms. The van der Waals surface area contributed by atoms with Gasteiger partial charge in [0.1, 0.15) is 0 Å². The Balaban J connectivity index is 1.78. The molecule has 1 atom stereocenters. The SMILES string of the molecule is CC(C)C1(CNS(=O)(=O)C(C)CNC2CC2)CC1. The van der Waals surface area contributed by atoms with Crippen LogP contribution < -0.4 is 10.0 Å². The van der Waals surface area contributed by atoms with Crippen LogP contribution in [0.3, 0.4) is 0 Å². The van der Waals surface area contributed by atoms with Gasteiger partial charge >= 0.3 is 0 Å². The second kappa shape index (κ2) is 5.10. The normalized spacial score (nSPS) is 24.2. The van der Waals surface area contributed by atoms with Crippen molar-refractivity contribution in [2.75, 3.05) is 13.1 Å². The third-order valence-corrected chi connectivity index (χ3v) is 6.32. The van der Waals surface area contributed by atoms with Crippen molar-refractivity contribution in [2.45, 2.75) is 57.7 Å². The van der Waals surface area contributed by atoms with Gasteiger partial charge in [0.2, 0.25) is 10.0 Å². The van der Waals surface area contributed by atoms with Crippen LogP contribution in [0.25, 0.3) is 0 Å². The minimum atomic E-state index is -3.17. The van der Waals surface area contributed by atoms with Gasteiger partial charge < -0.3 is 5.32 Å². The van der Waals surface area contributed by atoms with Crippen molar-refractivity contribution in [1.82, 2.24) is 10.0 Å². The lowest BCUT2D eigenvalue weighted by Gasteiger charge is -2.22. The van der Waals surface area contributed by atoms with E-state index >= 15 is 0 Å². The number of sulfonamides is 1. The van der Waals surface area contributed by atoms with Crippen LogP contribution >= 0.6 is 0 Å². The van der Waals surface area contributed by atoms with Crippen molar-refractivity contribution in [3.63, 3.8) is 0 Å². The van der Waals surface area contributed by atoms with Gasteiger partial charge in [0.25, 0.3) is 0 Å². The molecule has 2 aliphatic rings. The average molecular weight is 274 g/mol. The van der Waals surface area contributed by atoms with Gasteiger partial charge in [0.05, 0.1) is 5.25 Å². The number of rotatable bonds is 8. The highest BCUT2D eigenvalue weighted by molar-refractivity contribution is 7.90. The lowest BCUT2D eigenvalue weighted by molar-refractivity contribution is 0.357. The number of hydrogen-bond acceptors (Lipinski definition) is 3. The molecule has 4 nitrogen and oxygen atoms in total. The van der Waals surface area contributed by atoms with Gasteiger partial charge in [-0.05, 0) is 43.9 Å². The Morgan fingerprint density at radius 1 is 1.22 bits per heavy atom. The maximum atomic E-state index is 12.1. The quantitative estimate of drug-likeness (QED) is 0.705. The molecule has 2 fully saturated rings. The first-order chi connectivity index (χ1) is 8.36. The van der Waals surface area contributed by atoms with E-state index in [-0.39, 0.29) is 10.7 Å². The summed E-state index contributed by atoms with van der Waals surface area (Å²) in [6.45, 7) is 7.32.